The zero-order valence-corrected chi connectivity index (χ0v) is 23.4. The van der Waals surface area contributed by atoms with E-state index in [9.17, 15) is 18.0 Å². The van der Waals surface area contributed by atoms with Crippen LogP contribution in [-0.2, 0) is 26.2 Å². The first-order valence-electron chi connectivity index (χ1n) is 13.7. The van der Waals surface area contributed by atoms with Crippen molar-refractivity contribution in [1.29, 1.82) is 0 Å². The normalized spacial score (nSPS) is 20.4. The minimum atomic E-state index is -3.72. The van der Waals surface area contributed by atoms with E-state index in [2.05, 4.69) is 11.8 Å². The van der Waals surface area contributed by atoms with E-state index in [1.807, 2.05) is 18.2 Å². The Morgan fingerprint density at radius 3 is 2.40 bits per heavy atom. The molecule has 0 bridgehead atoms. The number of benzene rings is 2. The van der Waals surface area contributed by atoms with Gasteiger partial charge in [0.2, 0.25) is 22.7 Å². The lowest BCUT2D eigenvalue weighted by molar-refractivity contribution is -0.133. The maximum atomic E-state index is 13.3. The molecule has 214 valence electrons. The fourth-order valence-corrected chi connectivity index (χ4v) is 7.07. The Morgan fingerprint density at radius 2 is 1.62 bits per heavy atom. The van der Waals surface area contributed by atoms with Crippen LogP contribution in [0.25, 0.3) is 0 Å². The van der Waals surface area contributed by atoms with E-state index < -0.39 is 10.0 Å². The molecule has 12 heteroatoms. The van der Waals surface area contributed by atoms with Gasteiger partial charge >= 0.3 is 0 Å². The number of fused-ring (bicyclic) bond motifs is 2. The molecular formula is C28H34N4O7S. The van der Waals surface area contributed by atoms with E-state index in [-0.39, 0.29) is 36.7 Å². The molecular weight excluding hydrogens is 536 g/mol. The van der Waals surface area contributed by atoms with Crippen molar-refractivity contribution in [2.45, 2.75) is 31.2 Å². The zero-order chi connectivity index (χ0) is 27.9. The van der Waals surface area contributed by atoms with Gasteiger partial charge in [0.15, 0.2) is 18.1 Å². The molecule has 0 aliphatic carbocycles. The molecule has 2 amide bonds. The van der Waals surface area contributed by atoms with E-state index in [4.69, 9.17) is 14.2 Å². The van der Waals surface area contributed by atoms with Gasteiger partial charge in [0, 0.05) is 45.8 Å². The van der Waals surface area contributed by atoms with Crippen molar-refractivity contribution >= 4 is 27.5 Å². The number of hydrogen-bond acceptors (Lipinski definition) is 8. The lowest BCUT2D eigenvalue weighted by Gasteiger charge is -2.36. The quantitative estimate of drug-likeness (QED) is 0.518. The number of carbonyl (C=O) groups excluding carboxylic acids is 2. The summed E-state index contributed by atoms with van der Waals surface area (Å²) in [6.45, 7) is 6.16. The minimum absolute atomic E-state index is 0.105. The number of anilines is 1. The highest BCUT2D eigenvalue weighted by Gasteiger charge is 2.34. The molecule has 2 aromatic rings. The summed E-state index contributed by atoms with van der Waals surface area (Å²) in [4.78, 5) is 31.6. The molecule has 0 spiro atoms. The molecule has 0 saturated carbocycles. The summed E-state index contributed by atoms with van der Waals surface area (Å²) in [5.74, 6) is 1.85. The predicted molar refractivity (Wildman–Crippen MR) is 146 cm³/mol. The molecule has 4 aliphatic heterocycles. The summed E-state index contributed by atoms with van der Waals surface area (Å²) >= 11 is 0. The Morgan fingerprint density at radius 1 is 0.900 bits per heavy atom. The number of nitrogens with zero attached hydrogens (tertiary/aromatic N) is 4. The number of sulfonamides is 1. The average Bonchev–Trinajstić information content (AvgIpc) is 3.43. The second kappa shape index (κ2) is 10.9. The maximum absolute atomic E-state index is 13.3. The average molecular weight is 571 g/mol. The topological polar surface area (TPSA) is 109 Å². The molecule has 2 aromatic carbocycles. The Kier molecular flexibility index (Phi) is 7.32. The van der Waals surface area contributed by atoms with Crippen LogP contribution in [0.15, 0.2) is 41.3 Å². The van der Waals surface area contributed by atoms with Crippen LogP contribution in [0.1, 0.15) is 25.3 Å². The lowest BCUT2D eigenvalue weighted by Crippen LogP contribution is -2.52. The van der Waals surface area contributed by atoms with Gasteiger partial charge < -0.3 is 19.1 Å². The van der Waals surface area contributed by atoms with E-state index in [0.717, 1.165) is 36.4 Å². The monoisotopic (exact) mass is 570 g/mol. The molecule has 6 rings (SSSR count). The molecule has 40 heavy (non-hydrogen) atoms. The van der Waals surface area contributed by atoms with Gasteiger partial charge in [-0.1, -0.05) is 13.0 Å². The van der Waals surface area contributed by atoms with Gasteiger partial charge in [-0.05, 0) is 54.7 Å². The molecule has 2 fully saturated rings. The maximum Gasteiger partial charge on any atom is 0.265 e. The van der Waals surface area contributed by atoms with Crippen LogP contribution in [0, 0.1) is 5.92 Å². The minimum Gasteiger partial charge on any atom is -0.482 e. The zero-order valence-electron chi connectivity index (χ0n) is 22.6. The third kappa shape index (κ3) is 5.35. The molecule has 0 atom stereocenters. The third-order valence-corrected chi connectivity index (χ3v) is 10.0. The van der Waals surface area contributed by atoms with Crippen LogP contribution in [0.4, 0.5) is 5.69 Å². The Bertz CT molecular complexity index is 1400. The van der Waals surface area contributed by atoms with Gasteiger partial charge in [-0.3, -0.25) is 19.4 Å². The number of amides is 2. The SMILES string of the molecule is CC1CCN(S(=O)(=O)c2ccc3c(c2)N(CC(=O)N2CCN(Cc4ccc5c(c4)OCO5)CC2)C(=O)CO3)CC1. The number of hydrogen-bond donors (Lipinski definition) is 0. The van der Waals surface area contributed by atoms with Gasteiger partial charge in [-0.2, -0.15) is 4.31 Å². The van der Waals surface area contributed by atoms with E-state index in [1.165, 1.54) is 21.3 Å². The summed E-state index contributed by atoms with van der Waals surface area (Å²) in [5, 5.41) is 0. The van der Waals surface area contributed by atoms with Crippen LogP contribution in [0.5, 0.6) is 17.2 Å². The van der Waals surface area contributed by atoms with Crippen molar-refractivity contribution in [1.82, 2.24) is 14.1 Å². The largest absolute Gasteiger partial charge is 0.482 e. The molecule has 11 nitrogen and oxygen atoms in total. The van der Waals surface area contributed by atoms with Crippen molar-refractivity contribution in [2.75, 3.05) is 64.1 Å². The van der Waals surface area contributed by atoms with Crippen LogP contribution < -0.4 is 19.1 Å². The first-order valence-corrected chi connectivity index (χ1v) is 15.2. The Balaban J connectivity index is 1.10. The van der Waals surface area contributed by atoms with Crippen LogP contribution in [0.2, 0.25) is 0 Å². The van der Waals surface area contributed by atoms with Crippen LogP contribution >= 0.6 is 0 Å². The van der Waals surface area contributed by atoms with Crippen molar-refractivity contribution in [3.05, 3.63) is 42.0 Å². The van der Waals surface area contributed by atoms with Gasteiger partial charge in [-0.15, -0.1) is 0 Å². The molecule has 0 radical (unpaired) electrons. The highest BCUT2D eigenvalue weighted by atomic mass is 32.2. The summed E-state index contributed by atoms with van der Waals surface area (Å²) in [7, 11) is -3.72. The molecule has 2 saturated heterocycles. The number of ether oxygens (including phenoxy) is 3. The first kappa shape index (κ1) is 26.9. The second-order valence-electron chi connectivity index (χ2n) is 10.8. The van der Waals surface area contributed by atoms with E-state index in [0.29, 0.717) is 56.6 Å². The summed E-state index contributed by atoms with van der Waals surface area (Å²) < 4.78 is 44.6. The first-order chi connectivity index (χ1) is 19.3. The predicted octanol–water partition coefficient (Wildman–Crippen LogP) is 1.91. The van der Waals surface area contributed by atoms with Gasteiger partial charge in [0.25, 0.3) is 5.91 Å². The smallest absolute Gasteiger partial charge is 0.265 e. The molecule has 0 N–H and O–H groups in total. The van der Waals surface area contributed by atoms with Crippen molar-refractivity contribution in [3.8, 4) is 17.2 Å². The molecule has 0 unspecified atom stereocenters. The molecule has 4 heterocycles. The third-order valence-electron chi connectivity index (χ3n) is 8.12. The van der Waals surface area contributed by atoms with Gasteiger partial charge in [0.1, 0.15) is 12.3 Å². The fraction of sp³-hybridized carbons (Fsp3) is 0.500. The highest BCUT2D eigenvalue weighted by molar-refractivity contribution is 7.89. The number of carbonyl (C=O) groups is 2. The standard InChI is InChI=1S/C28H34N4O7S/c1-20-6-8-31(9-7-20)40(35,36)22-3-5-24-23(15-22)32(28(34)18-37-24)17-27(33)30-12-10-29(11-13-30)16-21-2-4-25-26(14-21)39-19-38-25/h2-5,14-15,20H,6-13,16-19H2,1H3. The van der Waals surface area contributed by atoms with Crippen molar-refractivity contribution in [3.63, 3.8) is 0 Å². The van der Waals surface area contributed by atoms with Gasteiger partial charge in [-0.25, -0.2) is 8.42 Å². The van der Waals surface area contributed by atoms with Gasteiger partial charge in [0.05, 0.1) is 10.6 Å². The number of piperidine rings is 1. The molecule has 0 aromatic heterocycles. The highest BCUT2D eigenvalue weighted by Crippen LogP contribution is 2.36. The van der Waals surface area contributed by atoms with Crippen molar-refractivity contribution in [2.24, 2.45) is 5.92 Å². The summed E-state index contributed by atoms with van der Waals surface area (Å²) in [5.41, 5.74) is 1.43. The van der Waals surface area contributed by atoms with E-state index >= 15 is 0 Å². The Hall–Kier alpha value is -3.35. The van der Waals surface area contributed by atoms with E-state index in [1.54, 1.807) is 11.0 Å². The van der Waals surface area contributed by atoms with Crippen LogP contribution in [0.3, 0.4) is 0 Å². The number of piperazine rings is 1. The Labute approximate surface area is 234 Å². The summed E-state index contributed by atoms with van der Waals surface area (Å²) in [6.07, 6.45) is 1.63. The number of rotatable bonds is 6. The van der Waals surface area contributed by atoms with Crippen LogP contribution in [-0.4, -0.2) is 93.6 Å². The van der Waals surface area contributed by atoms with Crippen molar-refractivity contribution < 1.29 is 32.2 Å². The summed E-state index contributed by atoms with van der Waals surface area (Å²) in [6, 6.07) is 10.5. The fourth-order valence-electron chi connectivity index (χ4n) is 5.58. The molecule has 4 aliphatic rings. The second-order valence-corrected chi connectivity index (χ2v) is 12.8. The lowest BCUT2D eigenvalue weighted by atomic mass is 10.0.